The molecule has 0 aromatic carbocycles. The van der Waals surface area contributed by atoms with Gasteiger partial charge >= 0.3 is 0 Å². The summed E-state index contributed by atoms with van der Waals surface area (Å²) in [6.07, 6.45) is 3.90. The molecule has 0 bridgehead atoms. The predicted octanol–water partition coefficient (Wildman–Crippen LogP) is 1.41. The second kappa shape index (κ2) is 7.46. The van der Waals surface area contributed by atoms with Gasteiger partial charge in [0.25, 0.3) is 0 Å². The minimum atomic E-state index is -0.0680. The summed E-state index contributed by atoms with van der Waals surface area (Å²) < 4.78 is 5.27. The Morgan fingerprint density at radius 1 is 1.50 bits per heavy atom. The number of aromatic nitrogens is 2. The Morgan fingerprint density at radius 2 is 2.35 bits per heavy atom. The van der Waals surface area contributed by atoms with E-state index in [2.05, 4.69) is 31.7 Å². The van der Waals surface area contributed by atoms with Crippen molar-refractivity contribution in [1.82, 2.24) is 25.7 Å². The van der Waals surface area contributed by atoms with Gasteiger partial charge in [0.15, 0.2) is 5.82 Å². The lowest BCUT2D eigenvalue weighted by atomic mass is 9.77. The number of likely N-dealkylation sites (tertiary alicyclic amines) is 1. The zero-order chi connectivity index (χ0) is 18.0. The molecule has 4 heterocycles. The molecule has 1 amide bonds. The highest BCUT2D eigenvalue weighted by atomic mass is 32.1. The van der Waals surface area contributed by atoms with Crippen LogP contribution in [0.3, 0.4) is 0 Å². The van der Waals surface area contributed by atoms with Crippen LogP contribution >= 0.6 is 11.3 Å². The molecule has 0 saturated carbocycles. The first-order valence-electron chi connectivity index (χ1n) is 9.16. The average molecular weight is 375 g/mol. The molecule has 0 aliphatic carbocycles. The summed E-state index contributed by atoms with van der Waals surface area (Å²) in [5.41, 5.74) is 0.292. The van der Waals surface area contributed by atoms with Crippen LogP contribution in [0, 0.1) is 5.41 Å². The minimum Gasteiger partial charge on any atom is -0.346 e. The van der Waals surface area contributed by atoms with E-state index in [9.17, 15) is 4.79 Å². The second-order valence-electron chi connectivity index (χ2n) is 7.46. The Kier molecular flexibility index (Phi) is 5.06. The topological polar surface area (TPSA) is 83.3 Å². The molecule has 2 N–H and O–H groups in total. The van der Waals surface area contributed by atoms with Crippen molar-refractivity contribution >= 4 is 17.2 Å². The number of thiophene rings is 1. The molecule has 2 fully saturated rings. The van der Waals surface area contributed by atoms with Crippen molar-refractivity contribution in [2.45, 2.75) is 38.3 Å². The van der Waals surface area contributed by atoms with Gasteiger partial charge in [-0.05, 0) is 56.3 Å². The first kappa shape index (κ1) is 17.6. The Bertz CT molecular complexity index is 739. The van der Waals surface area contributed by atoms with E-state index in [1.807, 2.05) is 18.5 Å². The average Bonchev–Trinajstić information content (AvgIpc) is 3.36. The van der Waals surface area contributed by atoms with Crippen LogP contribution in [0.25, 0.3) is 0 Å². The van der Waals surface area contributed by atoms with Gasteiger partial charge in [0.05, 0.1) is 12.6 Å². The first-order valence-corrected chi connectivity index (χ1v) is 10.0. The third-order valence-corrected chi connectivity index (χ3v) is 6.42. The SMILES string of the molecule is CN1CC2(CCNCC2)C[C@H]1C(=O)NCc1nc(Cc2cccs2)no1. The second-order valence-corrected chi connectivity index (χ2v) is 8.50. The number of piperidine rings is 1. The van der Waals surface area contributed by atoms with Crippen molar-refractivity contribution in [2.24, 2.45) is 5.41 Å². The number of nitrogens with zero attached hydrogens (tertiary/aromatic N) is 3. The van der Waals surface area contributed by atoms with Gasteiger partial charge in [0.1, 0.15) is 0 Å². The molecule has 140 valence electrons. The molecule has 1 atom stereocenters. The fraction of sp³-hybridized carbons (Fsp3) is 0.611. The van der Waals surface area contributed by atoms with E-state index in [-0.39, 0.29) is 18.5 Å². The van der Waals surface area contributed by atoms with Crippen molar-refractivity contribution < 1.29 is 9.32 Å². The molecule has 0 radical (unpaired) electrons. The van der Waals surface area contributed by atoms with Crippen LogP contribution in [0.2, 0.25) is 0 Å². The van der Waals surface area contributed by atoms with E-state index in [1.165, 1.54) is 4.88 Å². The highest BCUT2D eigenvalue weighted by Crippen LogP contribution is 2.41. The summed E-state index contributed by atoms with van der Waals surface area (Å²) in [5, 5.41) is 12.4. The smallest absolute Gasteiger partial charge is 0.246 e. The van der Waals surface area contributed by atoms with Gasteiger partial charge in [-0.15, -0.1) is 11.3 Å². The fourth-order valence-electron chi connectivity index (χ4n) is 4.17. The molecule has 4 rings (SSSR count). The molecular formula is C18H25N5O2S. The van der Waals surface area contributed by atoms with Gasteiger partial charge in [0.2, 0.25) is 11.8 Å². The molecule has 2 aliphatic heterocycles. The molecular weight excluding hydrogens is 350 g/mol. The Labute approximate surface area is 157 Å². The van der Waals surface area contributed by atoms with Gasteiger partial charge in [0, 0.05) is 17.8 Å². The lowest BCUT2D eigenvalue weighted by Gasteiger charge is -2.33. The van der Waals surface area contributed by atoms with Gasteiger partial charge in [-0.2, -0.15) is 4.98 Å². The third kappa shape index (κ3) is 3.82. The summed E-state index contributed by atoms with van der Waals surface area (Å²) in [6, 6.07) is 3.99. The van der Waals surface area contributed by atoms with E-state index in [0.717, 1.165) is 38.9 Å². The van der Waals surface area contributed by atoms with Crippen LogP contribution in [0.5, 0.6) is 0 Å². The Hall–Kier alpha value is -1.77. The van der Waals surface area contributed by atoms with Crippen LogP contribution in [0.15, 0.2) is 22.0 Å². The number of hydrogen-bond donors (Lipinski definition) is 2. The lowest BCUT2D eigenvalue weighted by molar-refractivity contribution is -0.125. The van der Waals surface area contributed by atoms with Crippen LogP contribution in [0.1, 0.15) is 35.9 Å². The van der Waals surface area contributed by atoms with Crippen molar-refractivity contribution in [1.29, 1.82) is 0 Å². The van der Waals surface area contributed by atoms with E-state index in [1.54, 1.807) is 11.3 Å². The number of carbonyl (C=O) groups is 1. The van der Waals surface area contributed by atoms with E-state index < -0.39 is 0 Å². The minimum absolute atomic E-state index is 0.0564. The number of amides is 1. The molecule has 26 heavy (non-hydrogen) atoms. The Balaban J connectivity index is 1.30. The van der Waals surface area contributed by atoms with Crippen LogP contribution in [-0.4, -0.2) is 53.7 Å². The lowest BCUT2D eigenvalue weighted by Crippen LogP contribution is -2.41. The molecule has 2 saturated heterocycles. The third-order valence-electron chi connectivity index (χ3n) is 5.55. The quantitative estimate of drug-likeness (QED) is 0.822. The summed E-state index contributed by atoms with van der Waals surface area (Å²) in [7, 11) is 2.05. The largest absolute Gasteiger partial charge is 0.346 e. The first-order chi connectivity index (χ1) is 12.6. The van der Waals surface area contributed by atoms with Crippen molar-refractivity contribution in [3.8, 4) is 0 Å². The Morgan fingerprint density at radius 3 is 3.12 bits per heavy atom. The molecule has 8 heteroatoms. The maximum atomic E-state index is 12.7. The fourth-order valence-corrected chi connectivity index (χ4v) is 4.87. The maximum Gasteiger partial charge on any atom is 0.246 e. The summed E-state index contributed by atoms with van der Waals surface area (Å²) in [4.78, 5) is 20.4. The number of rotatable bonds is 5. The number of carbonyl (C=O) groups excluding carboxylic acids is 1. The molecule has 7 nitrogen and oxygen atoms in total. The normalized spacial score (nSPS) is 22.7. The maximum absolute atomic E-state index is 12.7. The number of nitrogens with one attached hydrogen (secondary N) is 2. The summed E-state index contributed by atoms with van der Waals surface area (Å²) >= 11 is 1.67. The van der Waals surface area contributed by atoms with Gasteiger partial charge < -0.3 is 15.2 Å². The standard InChI is InChI=1S/C18H25N5O2S/c1-23-12-18(4-6-19-7-5-18)10-14(23)17(24)20-11-16-21-15(22-25-16)9-13-3-2-8-26-13/h2-3,8,14,19H,4-7,9-12H2,1H3,(H,20,24)/t14-/m0/s1. The van der Waals surface area contributed by atoms with Crippen LogP contribution in [0.4, 0.5) is 0 Å². The predicted molar refractivity (Wildman–Crippen MR) is 98.8 cm³/mol. The molecule has 2 aliphatic rings. The van der Waals surface area contributed by atoms with Crippen LogP contribution in [-0.2, 0) is 17.8 Å². The zero-order valence-electron chi connectivity index (χ0n) is 15.0. The van der Waals surface area contributed by atoms with Crippen molar-refractivity contribution in [3.63, 3.8) is 0 Å². The van der Waals surface area contributed by atoms with E-state index in [0.29, 0.717) is 23.6 Å². The molecule has 2 aromatic heterocycles. The van der Waals surface area contributed by atoms with Gasteiger partial charge in [-0.25, -0.2) is 0 Å². The highest BCUT2D eigenvalue weighted by molar-refractivity contribution is 7.09. The molecule has 0 unspecified atom stereocenters. The number of hydrogen-bond acceptors (Lipinski definition) is 7. The van der Waals surface area contributed by atoms with Crippen LogP contribution < -0.4 is 10.6 Å². The summed E-state index contributed by atoms with van der Waals surface area (Å²) in [6.45, 7) is 3.39. The summed E-state index contributed by atoms with van der Waals surface area (Å²) in [5.74, 6) is 1.17. The van der Waals surface area contributed by atoms with Crippen molar-refractivity contribution in [3.05, 3.63) is 34.1 Å². The monoisotopic (exact) mass is 375 g/mol. The van der Waals surface area contributed by atoms with E-state index in [4.69, 9.17) is 4.52 Å². The van der Waals surface area contributed by atoms with Gasteiger partial charge in [-0.1, -0.05) is 11.2 Å². The van der Waals surface area contributed by atoms with Crippen molar-refractivity contribution in [2.75, 3.05) is 26.7 Å². The number of likely N-dealkylation sites (N-methyl/N-ethyl adjacent to an activating group) is 1. The molecule has 1 spiro atoms. The zero-order valence-corrected chi connectivity index (χ0v) is 15.8. The van der Waals surface area contributed by atoms with E-state index >= 15 is 0 Å². The highest BCUT2D eigenvalue weighted by Gasteiger charge is 2.45. The van der Waals surface area contributed by atoms with Gasteiger partial charge in [-0.3, -0.25) is 9.69 Å². The molecule has 2 aromatic rings.